The monoisotopic (exact) mass is 531 g/mol. The SMILES string of the molecule is CCCN1CCC(NC(=NC)NCc2ccccc2OCCN(CC)CC)CC1.I. The van der Waals surface area contributed by atoms with Crippen molar-refractivity contribution < 1.29 is 4.74 Å². The quantitative estimate of drug-likeness (QED) is 0.260. The molecule has 0 amide bonds. The number of hydrogen-bond acceptors (Lipinski definition) is 4. The Morgan fingerprint density at radius 1 is 1.17 bits per heavy atom. The Balaban J connectivity index is 0.00000450. The van der Waals surface area contributed by atoms with Crippen molar-refractivity contribution in [3.63, 3.8) is 0 Å². The molecule has 2 rings (SSSR count). The summed E-state index contributed by atoms with van der Waals surface area (Å²) < 4.78 is 6.07. The van der Waals surface area contributed by atoms with Gasteiger partial charge in [0.1, 0.15) is 12.4 Å². The first kappa shape index (κ1) is 27.0. The standard InChI is InChI=1S/C23H41N5O.HI/c1-5-14-28-15-12-21(13-16-28)26-23(24-4)25-19-20-10-8-9-11-22(20)29-18-17-27(6-2)7-3;/h8-11,21H,5-7,12-19H2,1-4H3,(H2,24,25,26);1H. The maximum absolute atomic E-state index is 6.07. The number of guanidine groups is 1. The van der Waals surface area contributed by atoms with Gasteiger partial charge in [0.05, 0.1) is 0 Å². The van der Waals surface area contributed by atoms with E-state index in [2.05, 4.69) is 64.4 Å². The first-order valence-corrected chi connectivity index (χ1v) is 11.3. The van der Waals surface area contributed by atoms with Crippen molar-refractivity contribution in [2.24, 2.45) is 4.99 Å². The number of likely N-dealkylation sites (N-methyl/N-ethyl adjacent to an activating group) is 1. The van der Waals surface area contributed by atoms with E-state index in [1.165, 1.54) is 38.9 Å². The van der Waals surface area contributed by atoms with E-state index in [1.54, 1.807) is 0 Å². The van der Waals surface area contributed by atoms with Gasteiger partial charge in [-0.2, -0.15) is 0 Å². The van der Waals surface area contributed by atoms with Crippen LogP contribution in [0.4, 0.5) is 0 Å². The molecule has 0 radical (unpaired) electrons. The number of piperidine rings is 1. The fourth-order valence-corrected chi connectivity index (χ4v) is 3.80. The minimum absolute atomic E-state index is 0. The van der Waals surface area contributed by atoms with Crippen LogP contribution in [0.1, 0.15) is 45.6 Å². The molecular formula is C23H42IN5O. The zero-order chi connectivity index (χ0) is 20.9. The molecule has 0 aromatic heterocycles. The van der Waals surface area contributed by atoms with E-state index in [0.29, 0.717) is 19.2 Å². The molecular weight excluding hydrogens is 489 g/mol. The molecule has 1 aliphatic heterocycles. The Kier molecular flexibility index (Phi) is 14.1. The van der Waals surface area contributed by atoms with Gasteiger partial charge < -0.3 is 25.2 Å². The normalized spacial score (nSPS) is 15.7. The molecule has 0 aliphatic carbocycles. The Morgan fingerprint density at radius 2 is 1.87 bits per heavy atom. The van der Waals surface area contributed by atoms with Gasteiger partial charge in [-0.3, -0.25) is 4.99 Å². The van der Waals surface area contributed by atoms with Crippen LogP contribution in [0.3, 0.4) is 0 Å². The first-order valence-electron chi connectivity index (χ1n) is 11.3. The maximum Gasteiger partial charge on any atom is 0.191 e. The van der Waals surface area contributed by atoms with Gasteiger partial charge in [-0.1, -0.05) is 39.0 Å². The van der Waals surface area contributed by atoms with Crippen LogP contribution in [0.25, 0.3) is 0 Å². The van der Waals surface area contributed by atoms with E-state index < -0.39 is 0 Å². The molecule has 0 bridgehead atoms. The summed E-state index contributed by atoms with van der Waals surface area (Å²) >= 11 is 0. The van der Waals surface area contributed by atoms with Crippen molar-refractivity contribution in [3.8, 4) is 5.75 Å². The number of aliphatic imine (C=N–C) groups is 1. The average molecular weight is 532 g/mol. The number of halogens is 1. The molecule has 30 heavy (non-hydrogen) atoms. The van der Waals surface area contributed by atoms with Crippen LogP contribution in [0.5, 0.6) is 5.75 Å². The van der Waals surface area contributed by atoms with Crippen molar-refractivity contribution >= 4 is 29.9 Å². The van der Waals surface area contributed by atoms with Crippen molar-refractivity contribution in [2.45, 2.75) is 52.6 Å². The molecule has 0 saturated carbocycles. The third kappa shape index (κ3) is 9.39. The lowest BCUT2D eigenvalue weighted by atomic mass is 10.1. The summed E-state index contributed by atoms with van der Waals surface area (Å²) in [4.78, 5) is 9.35. The second-order valence-corrected chi connectivity index (χ2v) is 7.67. The summed E-state index contributed by atoms with van der Waals surface area (Å²) in [5.41, 5.74) is 1.16. The molecule has 0 atom stereocenters. The highest BCUT2D eigenvalue weighted by Gasteiger charge is 2.19. The summed E-state index contributed by atoms with van der Waals surface area (Å²) in [6.07, 6.45) is 3.58. The van der Waals surface area contributed by atoms with Crippen LogP contribution in [0, 0.1) is 0 Å². The van der Waals surface area contributed by atoms with Gasteiger partial charge in [0.2, 0.25) is 0 Å². The van der Waals surface area contributed by atoms with Crippen LogP contribution < -0.4 is 15.4 Å². The van der Waals surface area contributed by atoms with E-state index in [4.69, 9.17) is 4.74 Å². The summed E-state index contributed by atoms with van der Waals surface area (Å²) in [6.45, 7) is 14.7. The number of benzene rings is 1. The molecule has 1 aromatic carbocycles. The predicted molar refractivity (Wildman–Crippen MR) is 138 cm³/mol. The second-order valence-electron chi connectivity index (χ2n) is 7.67. The number of nitrogens with zero attached hydrogens (tertiary/aromatic N) is 3. The van der Waals surface area contributed by atoms with E-state index >= 15 is 0 Å². The van der Waals surface area contributed by atoms with Gasteiger partial charge in [0.15, 0.2) is 5.96 Å². The van der Waals surface area contributed by atoms with Crippen LogP contribution >= 0.6 is 24.0 Å². The Hall–Kier alpha value is -1.06. The first-order chi connectivity index (χ1) is 14.2. The average Bonchev–Trinajstić information content (AvgIpc) is 2.76. The van der Waals surface area contributed by atoms with Crippen LogP contribution in [0.15, 0.2) is 29.3 Å². The van der Waals surface area contributed by atoms with Gasteiger partial charge in [-0.25, -0.2) is 0 Å². The van der Waals surface area contributed by atoms with Gasteiger partial charge in [0, 0.05) is 44.8 Å². The zero-order valence-electron chi connectivity index (χ0n) is 19.3. The summed E-state index contributed by atoms with van der Waals surface area (Å²) in [7, 11) is 1.84. The highest BCUT2D eigenvalue weighted by molar-refractivity contribution is 14.0. The summed E-state index contributed by atoms with van der Waals surface area (Å²) in [5.74, 6) is 1.83. The molecule has 1 aromatic rings. The highest BCUT2D eigenvalue weighted by atomic mass is 127. The van der Waals surface area contributed by atoms with Crippen molar-refractivity contribution in [1.29, 1.82) is 0 Å². The Morgan fingerprint density at radius 3 is 2.50 bits per heavy atom. The van der Waals surface area contributed by atoms with Gasteiger partial charge >= 0.3 is 0 Å². The molecule has 2 N–H and O–H groups in total. The summed E-state index contributed by atoms with van der Waals surface area (Å²) in [5, 5.41) is 7.06. The molecule has 0 spiro atoms. The van der Waals surface area contributed by atoms with E-state index in [-0.39, 0.29) is 24.0 Å². The molecule has 1 aliphatic rings. The molecule has 1 fully saturated rings. The summed E-state index contributed by atoms with van der Waals surface area (Å²) in [6, 6.07) is 8.77. The minimum Gasteiger partial charge on any atom is -0.492 e. The fraction of sp³-hybridized carbons (Fsp3) is 0.696. The van der Waals surface area contributed by atoms with Crippen molar-refractivity contribution in [3.05, 3.63) is 29.8 Å². The minimum atomic E-state index is 0. The Labute approximate surface area is 200 Å². The van der Waals surface area contributed by atoms with Crippen LogP contribution in [-0.4, -0.2) is 74.7 Å². The zero-order valence-corrected chi connectivity index (χ0v) is 21.7. The molecule has 0 unspecified atom stereocenters. The number of likely N-dealkylation sites (tertiary alicyclic amines) is 1. The van der Waals surface area contributed by atoms with Crippen molar-refractivity contribution in [1.82, 2.24) is 20.4 Å². The highest BCUT2D eigenvalue weighted by Crippen LogP contribution is 2.18. The molecule has 1 heterocycles. The Bertz CT molecular complexity index is 601. The fourth-order valence-electron chi connectivity index (χ4n) is 3.80. The lowest BCUT2D eigenvalue weighted by Gasteiger charge is -2.32. The smallest absolute Gasteiger partial charge is 0.191 e. The second kappa shape index (κ2) is 15.7. The third-order valence-electron chi connectivity index (χ3n) is 5.67. The topological polar surface area (TPSA) is 52.1 Å². The van der Waals surface area contributed by atoms with E-state index in [9.17, 15) is 0 Å². The maximum atomic E-state index is 6.07. The lowest BCUT2D eigenvalue weighted by Crippen LogP contribution is -2.48. The van der Waals surface area contributed by atoms with E-state index in [1.807, 2.05) is 13.1 Å². The number of para-hydroxylation sites is 1. The van der Waals surface area contributed by atoms with Crippen molar-refractivity contribution in [2.75, 3.05) is 52.9 Å². The van der Waals surface area contributed by atoms with E-state index in [0.717, 1.165) is 36.9 Å². The molecule has 1 saturated heterocycles. The molecule has 172 valence electrons. The number of hydrogen-bond donors (Lipinski definition) is 2. The third-order valence-corrected chi connectivity index (χ3v) is 5.67. The predicted octanol–water partition coefficient (Wildman–Crippen LogP) is 3.56. The van der Waals surface area contributed by atoms with Crippen LogP contribution in [-0.2, 0) is 6.54 Å². The molecule has 6 nitrogen and oxygen atoms in total. The van der Waals surface area contributed by atoms with Gasteiger partial charge in [-0.15, -0.1) is 24.0 Å². The molecule has 7 heteroatoms. The number of rotatable bonds is 11. The van der Waals surface area contributed by atoms with Gasteiger partial charge in [-0.05, 0) is 45.0 Å². The van der Waals surface area contributed by atoms with Gasteiger partial charge in [0.25, 0.3) is 0 Å². The largest absolute Gasteiger partial charge is 0.492 e. The van der Waals surface area contributed by atoms with Crippen LogP contribution in [0.2, 0.25) is 0 Å². The number of nitrogens with one attached hydrogen (secondary N) is 2. The lowest BCUT2D eigenvalue weighted by molar-refractivity contribution is 0.206. The number of ether oxygens (including phenoxy) is 1.